The standard InChI is InChI=1S/C17H23N3O2.ClH/c1-18-15(21)13-4-2-3-12(9-13)11-20-16(22)14-10-17(14)5-7-19-8-6-17;/h2-4,9,14,19H,5-8,10-11H2,1H3,(H,18,21)(H,20,22);1H. The van der Waals surface area contributed by atoms with E-state index < -0.39 is 0 Å². The first-order valence-corrected chi connectivity index (χ1v) is 7.94. The van der Waals surface area contributed by atoms with Crippen LogP contribution in [0.2, 0.25) is 0 Å². The molecule has 1 unspecified atom stereocenters. The number of rotatable bonds is 4. The van der Waals surface area contributed by atoms with Crippen LogP contribution in [0.4, 0.5) is 0 Å². The number of hydrogen-bond acceptors (Lipinski definition) is 3. The fraction of sp³-hybridized carbons (Fsp3) is 0.529. The van der Waals surface area contributed by atoms with Gasteiger partial charge in [0.1, 0.15) is 0 Å². The van der Waals surface area contributed by atoms with Crippen molar-refractivity contribution in [2.45, 2.75) is 25.8 Å². The zero-order valence-corrected chi connectivity index (χ0v) is 14.2. The summed E-state index contributed by atoms with van der Waals surface area (Å²) >= 11 is 0. The van der Waals surface area contributed by atoms with Crippen molar-refractivity contribution < 1.29 is 9.59 Å². The number of carbonyl (C=O) groups is 2. The van der Waals surface area contributed by atoms with E-state index in [2.05, 4.69) is 16.0 Å². The number of nitrogens with one attached hydrogen (secondary N) is 3. The lowest BCUT2D eigenvalue weighted by Crippen LogP contribution is -2.33. The molecule has 2 aliphatic rings. The average molecular weight is 338 g/mol. The molecular formula is C17H24ClN3O2. The molecule has 2 amide bonds. The minimum atomic E-state index is -0.107. The first-order valence-electron chi connectivity index (χ1n) is 7.94. The summed E-state index contributed by atoms with van der Waals surface area (Å²) in [6.45, 7) is 2.53. The van der Waals surface area contributed by atoms with Crippen molar-refractivity contribution in [2.24, 2.45) is 11.3 Å². The van der Waals surface area contributed by atoms with E-state index in [9.17, 15) is 9.59 Å². The predicted octanol–water partition coefficient (Wildman–Crippen LogP) is 1.47. The Morgan fingerprint density at radius 2 is 2.04 bits per heavy atom. The summed E-state index contributed by atoms with van der Waals surface area (Å²) < 4.78 is 0. The van der Waals surface area contributed by atoms with Crippen LogP contribution >= 0.6 is 12.4 Å². The number of hydrogen-bond donors (Lipinski definition) is 3. The minimum absolute atomic E-state index is 0. The van der Waals surface area contributed by atoms with Crippen LogP contribution in [0, 0.1) is 11.3 Å². The van der Waals surface area contributed by atoms with Crippen molar-refractivity contribution in [1.29, 1.82) is 0 Å². The van der Waals surface area contributed by atoms with Crippen molar-refractivity contribution in [1.82, 2.24) is 16.0 Å². The number of halogens is 1. The van der Waals surface area contributed by atoms with Gasteiger partial charge in [0.2, 0.25) is 5.91 Å². The summed E-state index contributed by atoms with van der Waals surface area (Å²) in [7, 11) is 1.61. The molecule has 0 aromatic heterocycles. The summed E-state index contributed by atoms with van der Waals surface area (Å²) in [4.78, 5) is 23.9. The lowest BCUT2D eigenvalue weighted by Gasteiger charge is -2.23. The maximum atomic E-state index is 12.3. The molecule has 1 aliphatic heterocycles. The molecule has 1 saturated heterocycles. The first kappa shape index (κ1) is 17.8. The van der Waals surface area contributed by atoms with Gasteiger partial charge in [-0.3, -0.25) is 9.59 Å². The van der Waals surface area contributed by atoms with E-state index in [1.807, 2.05) is 18.2 Å². The highest BCUT2D eigenvalue weighted by molar-refractivity contribution is 5.94. The lowest BCUT2D eigenvalue weighted by molar-refractivity contribution is -0.123. The van der Waals surface area contributed by atoms with Crippen LogP contribution in [0.5, 0.6) is 0 Å². The summed E-state index contributed by atoms with van der Waals surface area (Å²) in [5.41, 5.74) is 1.84. The number of benzene rings is 1. The molecule has 5 nitrogen and oxygen atoms in total. The van der Waals surface area contributed by atoms with Gasteiger partial charge in [-0.1, -0.05) is 12.1 Å². The molecule has 0 bridgehead atoms. The Bertz CT molecular complexity index is 585. The molecule has 126 valence electrons. The molecule has 2 fully saturated rings. The smallest absolute Gasteiger partial charge is 0.251 e. The van der Waals surface area contributed by atoms with Gasteiger partial charge in [0.25, 0.3) is 5.91 Å². The van der Waals surface area contributed by atoms with Gasteiger partial charge in [0, 0.05) is 25.1 Å². The fourth-order valence-corrected chi connectivity index (χ4v) is 3.47. The van der Waals surface area contributed by atoms with Gasteiger partial charge in [-0.05, 0) is 55.5 Å². The van der Waals surface area contributed by atoms with E-state index in [1.165, 1.54) is 0 Å². The van der Waals surface area contributed by atoms with Gasteiger partial charge in [-0.2, -0.15) is 0 Å². The van der Waals surface area contributed by atoms with Crippen LogP contribution in [0.3, 0.4) is 0 Å². The third-order valence-corrected chi connectivity index (χ3v) is 4.99. The highest BCUT2D eigenvalue weighted by atomic mass is 35.5. The summed E-state index contributed by atoms with van der Waals surface area (Å²) in [5, 5.41) is 8.98. The van der Waals surface area contributed by atoms with E-state index in [1.54, 1.807) is 13.1 Å². The third-order valence-electron chi connectivity index (χ3n) is 4.99. The molecule has 1 saturated carbocycles. The van der Waals surface area contributed by atoms with Crippen molar-refractivity contribution in [3.63, 3.8) is 0 Å². The van der Waals surface area contributed by atoms with Crippen molar-refractivity contribution >= 4 is 24.2 Å². The minimum Gasteiger partial charge on any atom is -0.355 e. The topological polar surface area (TPSA) is 70.2 Å². The van der Waals surface area contributed by atoms with E-state index in [-0.39, 0.29) is 35.6 Å². The average Bonchev–Trinajstić information content (AvgIpc) is 3.26. The van der Waals surface area contributed by atoms with Crippen LogP contribution in [0.25, 0.3) is 0 Å². The number of amides is 2. The Balaban J connectivity index is 0.00000192. The van der Waals surface area contributed by atoms with Gasteiger partial charge in [0.15, 0.2) is 0 Å². The predicted molar refractivity (Wildman–Crippen MR) is 91.6 cm³/mol. The normalized spacial score (nSPS) is 21.2. The van der Waals surface area contributed by atoms with Crippen LogP contribution in [-0.2, 0) is 11.3 Å². The lowest BCUT2D eigenvalue weighted by atomic mass is 9.92. The molecule has 1 heterocycles. The Hall–Kier alpha value is -1.59. The van der Waals surface area contributed by atoms with E-state index >= 15 is 0 Å². The summed E-state index contributed by atoms with van der Waals surface area (Å²) in [5.74, 6) is 0.230. The fourth-order valence-electron chi connectivity index (χ4n) is 3.47. The largest absolute Gasteiger partial charge is 0.355 e. The molecule has 1 atom stereocenters. The molecule has 1 aromatic rings. The monoisotopic (exact) mass is 337 g/mol. The van der Waals surface area contributed by atoms with Crippen LogP contribution in [0.1, 0.15) is 35.2 Å². The van der Waals surface area contributed by atoms with Gasteiger partial charge < -0.3 is 16.0 Å². The maximum absolute atomic E-state index is 12.3. The quantitative estimate of drug-likeness (QED) is 0.779. The molecule has 23 heavy (non-hydrogen) atoms. The Morgan fingerprint density at radius 1 is 1.30 bits per heavy atom. The third kappa shape index (κ3) is 3.85. The zero-order chi connectivity index (χ0) is 15.6. The zero-order valence-electron chi connectivity index (χ0n) is 13.4. The van der Waals surface area contributed by atoms with Crippen LogP contribution in [0.15, 0.2) is 24.3 Å². The van der Waals surface area contributed by atoms with Gasteiger partial charge >= 0.3 is 0 Å². The summed E-state index contributed by atoms with van der Waals surface area (Å²) in [6, 6.07) is 7.37. The maximum Gasteiger partial charge on any atom is 0.251 e. The molecular weight excluding hydrogens is 314 g/mol. The highest BCUT2D eigenvalue weighted by Crippen LogP contribution is 2.58. The molecule has 6 heteroatoms. The van der Waals surface area contributed by atoms with Crippen molar-refractivity contribution in [3.8, 4) is 0 Å². The number of piperidine rings is 1. The van der Waals surface area contributed by atoms with E-state index in [0.717, 1.165) is 37.9 Å². The molecule has 1 aromatic carbocycles. The molecule has 3 rings (SSSR count). The van der Waals surface area contributed by atoms with Crippen LogP contribution in [-0.4, -0.2) is 32.0 Å². The number of carbonyl (C=O) groups excluding carboxylic acids is 2. The Morgan fingerprint density at radius 3 is 2.74 bits per heavy atom. The SMILES string of the molecule is CNC(=O)c1cccc(CNC(=O)C2CC23CCNCC3)c1.Cl. The Kier molecular flexibility index (Phi) is 5.65. The second kappa shape index (κ2) is 7.32. The van der Waals surface area contributed by atoms with Gasteiger partial charge in [0.05, 0.1) is 0 Å². The van der Waals surface area contributed by atoms with Gasteiger partial charge in [-0.25, -0.2) is 0 Å². The first-order chi connectivity index (χ1) is 10.6. The van der Waals surface area contributed by atoms with E-state index in [0.29, 0.717) is 12.1 Å². The van der Waals surface area contributed by atoms with Crippen molar-refractivity contribution in [3.05, 3.63) is 35.4 Å². The second-order valence-electron chi connectivity index (χ2n) is 6.37. The highest BCUT2D eigenvalue weighted by Gasteiger charge is 2.57. The molecule has 1 spiro atoms. The van der Waals surface area contributed by atoms with Gasteiger partial charge in [-0.15, -0.1) is 12.4 Å². The Labute approximate surface area is 143 Å². The molecule has 1 aliphatic carbocycles. The molecule has 0 radical (unpaired) electrons. The summed E-state index contributed by atoms with van der Waals surface area (Å²) in [6.07, 6.45) is 3.24. The molecule has 3 N–H and O–H groups in total. The van der Waals surface area contributed by atoms with Crippen molar-refractivity contribution in [2.75, 3.05) is 20.1 Å². The van der Waals surface area contributed by atoms with E-state index in [4.69, 9.17) is 0 Å². The van der Waals surface area contributed by atoms with Crippen LogP contribution < -0.4 is 16.0 Å². The second-order valence-corrected chi connectivity index (χ2v) is 6.37.